The molecule has 2 aromatic rings. The van der Waals surface area contributed by atoms with Gasteiger partial charge < -0.3 is 9.64 Å². The lowest BCUT2D eigenvalue weighted by Crippen LogP contribution is -2.56. The van der Waals surface area contributed by atoms with Gasteiger partial charge in [-0.1, -0.05) is 30.3 Å². The van der Waals surface area contributed by atoms with Crippen LogP contribution in [0.15, 0.2) is 48.9 Å². The first-order valence-electron chi connectivity index (χ1n) is 9.24. The second-order valence-electron chi connectivity index (χ2n) is 7.60. The summed E-state index contributed by atoms with van der Waals surface area (Å²) in [7, 11) is -3.50. The summed E-state index contributed by atoms with van der Waals surface area (Å²) in [6.45, 7) is 1.19. The average Bonchev–Trinajstić information content (AvgIpc) is 3.08. The van der Waals surface area contributed by atoms with Crippen LogP contribution in [0, 0.1) is 0 Å². The van der Waals surface area contributed by atoms with Crippen molar-refractivity contribution in [1.82, 2.24) is 19.2 Å². The molecule has 1 amide bonds. The van der Waals surface area contributed by atoms with Crippen molar-refractivity contribution in [2.24, 2.45) is 0 Å². The third kappa shape index (κ3) is 2.73. The second-order valence-corrected chi connectivity index (χ2v) is 9.72. The summed E-state index contributed by atoms with van der Waals surface area (Å²) in [5, 5.41) is -0.617. The molecule has 0 N–H and O–H groups in total. The molecule has 0 saturated carbocycles. The van der Waals surface area contributed by atoms with Crippen LogP contribution >= 0.6 is 0 Å². The van der Waals surface area contributed by atoms with E-state index in [0.717, 1.165) is 5.56 Å². The van der Waals surface area contributed by atoms with Crippen molar-refractivity contribution in [2.75, 3.05) is 19.6 Å². The fraction of sp³-hybridized carbons (Fsp3) is 0.421. The van der Waals surface area contributed by atoms with Crippen LogP contribution in [0.25, 0.3) is 0 Å². The zero-order valence-electron chi connectivity index (χ0n) is 15.1. The summed E-state index contributed by atoms with van der Waals surface area (Å²) >= 11 is 0. The Kier molecular flexibility index (Phi) is 4.01. The smallest absolute Gasteiger partial charge is 0.274 e. The number of nitrogens with zero attached hydrogens (tertiary/aromatic N) is 4. The molecule has 3 atom stereocenters. The van der Waals surface area contributed by atoms with E-state index in [-0.39, 0.29) is 30.8 Å². The fourth-order valence-electron chi connectivity index (χ4n) is 4.60. The van der Waals surface area contributed by atoms with Crippen LogP contribution in [-0.2, 0) is 21.3 Å². The predicted octanol–water partition coefficient (Wildman–Crippen LogP) is 0.674. The monoisotopic (exact) mass is 400 g/mol. The number of hydrogen-bond donors (Lipinski definition) is 0. The second kappa shape index (κ2) is 6.33. The molecule has 1 aromatic heterocycles. The van der Waals surface area contributed by atoms with Gasteiger partial charge in [0.15, 0.2) is 0 Å². The number of benzene rings is 1. The highest BCUT2D eigenvalue weighted by Crippen LogP contribution is 2.47. The van der Waals surface area contributed by atoms with E-state index in [1.165, 1.54) is 22.9 Å². The minimum absolute atomic E-state index is 0.236. The van der Waals surface area contributed by atoms with E-state index in [4.69, 9.17) is 4.74 Å². The van der Waals surface area contributed by atoms with E-state index in [1.807, 2.05) is 30.3 Å². The highest BCUT2D eigenvalue weighted by Gasteiger charge is 2.65. The van der Waals surface area contributed by atoms with Gasteiger partial charge in [0, 0.05) is 32.0 Å². The van der Waals surface area contributed by atoms with Crippen molar-refractivity contribution in [1.29, 1.82) is 0 Å². The van der Waals surface area contributed by atoms with Crippen LogP contribution < -0.4 is 0 Å². The summed E-state index contributed by atoms with van der Waals surface area (Å²) in [5.74, 6) is -0.236. The molecule has 2 bridgehead atoms. The number of sulfonamides is 1. The van der Waals surface area contributed by atoms with Crippen molar-refractivity contribution < 1.29 is 17.9 Å². The number of aromatic nitrogens is 2. The van der Waals surface area contributed by atoms with E-state index in [9.17, 15) is 13.2 Å². The molecular formula is C19H20N4O4S. The third-order valence-electron chi connectivity index (χ3n) is 5.78. The van der Waals surface area contributed by atoms with E-state index in [1.54, 1.807) is 4.90 Å². The normalized spacial score (nSPS) is 30.9. The molecule has 28 heavy (non-hydrogen) atoms. The van der Waals surface area contributed by atoms with Crippen molar-refractivity contribution in [3.8, 4) is 0 Å². The summed E-state index contributed by atoms with van der Waals surface area (Å²) < 4.78 is 34.0. The molecule has 1 spiro atoms. The van der Waals surface area contributed by atoms with Crippen LogP contribution in [0.5, 0.6) is 0 Å². The van der Waals surface area contributed by atoms with Crippen LogP contribution in [0.2, 0.25) is 0 Å². The minimum atomic E-state index is -3.50. The Morgan fingerprint density at radius 1 is 1.21 bits per heavy atom. The van der Waals surface area contributed by atoms with Gasteiger partial charge in [-0.2, -0.15) is 4.31 Å². The van der Waals surface area contributed by atoms with Gasteiger partial charge in [-0.05, 0) is 12.0 Å². The highest BCUT2D eigenvalue weighted by molar-refractivity contribution is 7.90. The fourth-order valence-corrected chi connectivity index (χ4v) is 6.90. The van der Waals surface area contributed by atoms with E-state index in [2.05, 4.69) is 9.97 Å². The number of likely N-dealkylation sites (tertiary alicyclic amines) is 1. The van der Waals surface area contributed by atoms with Gasteiger partial charge in [0.2, 0.25) is 10.0 Å². The quantitative estimate of drug-likeness (QED) is 0.752. The van der Waals surface area contributed by atoms with Gasteiger partial charge >= 0.3 is 0 Å². The molecule has 5 rings (SSSR count). The molecule has 4 heterocycles. The van der Waals surface area contributed by atoms with Gasteiger partial charge in [-0.15, -0.1) is 0 Å². The molecule has 146 valence electrons. The van der Waals surface area contributed by atoms with Gasteiger partial charge in [0.1, 0.15) is 16.5 Å². The maximum absolute atomic E-state index is 13.2. The highest BCUT2D eigenvalue weighted by atomic mass is 32.2. The van der Waals surface area contributed by atoms with Crippen molar-refractivity contribution in [2.45, 2.75) is 29.9 Å². The molecular weight excluding hydrogens is 380 g/mol. The molecule has 1 aromatic carbocycles. The molecule has 9 heteroatoms. The number of carbonyl (C=O) groups is 1. The number of morpholine rings is 1. The Balaban J connectivity index is 1.42. The number of amides is 1. The predicted molar refractivity (Wildman–Crippen MR) is 99.7 cm³/mol. The Morgan fingerprint density at radius 2 is 2.04 bits per heavy atom. The zero-order valence-corrected chi connectivity index (χ0v) is 16.0. The summed E-state index contributed by atoms with van der Waals surface area (Å²) in [4.78, 5) is 22.5. The SMILES string of the molecule is O=C(c1cnccn1)N1C[C@H]2C[C@H]3[C@](C1)(CN(Cc1ccccc1)S3(=O)=O)O2. The standard InChI is InChI=1S/C19H20N4O4S/c24-18(16-9-20-6-7-21-16)22-11-15-8-17-19(12-22,27-15)13-23(28(17,25)26)10-14-4-2-1-3-5-14/h1-7,9,15,17H,8,10-13H2/t15-,17+,19+/m1/s1. The first-order valence-corrected chi connectivity index (χ1v) is 10.7. The van der Waals surface area contributed by atoms with Gasteiger partial charge in [0.25, 0.3) is 5.91 Å². The molecule has 3 saturated heterocycles. The third-order valence-corrected chi connectivity index (χ3v) is 8.10. The Labute approximate surface area is 163 Å². The lowest BCUT2D eigenvalue weighted by Gasteiger charge is -2.39. The minimum Gasteiger partial charge on any atom is -0.365 e. The molecule has 3 aliphatic rings. The molecule has 3 fully saturated rings. The van der Waals surface area contributed by atoms with E-state index in [0.29, 0.717) is 19.5 Å². The van der Waals surface area contributed by atoms with Crippen LogP contribution in [-0.4, -0.2) is 70.1 Å². The molecule has 0 aliphatic carbocycles. The molecule has 0 unspecified atom stereocenters. The maximum Gasteiger partial charge on any atom is 0.274 e. The lowest BCUT2D eigenvalue weighted by atomic mass is 9.99. The van der Waals surface area contributed by atoms with Crippen molar-refractivity contribution in [3.05, 3.63) is 60.2 Å². The van der Waals surface area contributed by atoms with Crippen molar-refractivity contribution in [3.63, 3.8) is 0 Å². The Morgan fingerprint density at radius 3 is 2.79 bits per heavy atom. The number of fused-ring (bicyclic) bond motifs is 1. The Hall–Kier alpha value is -2.36. The number of carbonyl (C=O) groups excluding carboxylic acids is 1. The zero-order chi connectivity index (χ0) is 19.4. The van der Waals surface area contributed by atoms with Crippen LogP contribution in [0.1, 0.15) is 22.5 Å². The van der Waals surface area contributed by atoms with Crippen LogP contribution in [0.4, 0.5) is 0 Å². The number of ether oxygens (including phenoxy) is 1. The first-order chi connectivity index (χ1) is 13.5. The number of rotatable bonds is 3. The summed E-state index contributed by atoms with van der Waals surface area (Å²) in [5.41, 5.74) is 0.315. The van der Waals surface area contributed by atoms with Gasteiger partial charge in [0.05, 0.1) is 18.8 Å². The van der Waals surface area contributed by atoms with E-state index < -0.39 is 20.9 Å². The summed E-state index contributed by atoms with van der Waals surface area (Å²) in [6.07, 6.45) is 4.57. The lowest BCUT2D eigenvalue weighted by molar-refractivity contribution is -0.0981. The molecule has 8 nitrogen and oxygen atoms in total. The molecule has 0 radical (unpaired) electrons. The van der Waals surface area contributed by atoms with E-state index >= 15 is 0 Å². The van der Waals surface area contributed by atoms with Gasteiger partial charge in [-0.25, -0.2) is 13.4 Å². The van der Waals surface area contributed by atoms with Crippen LogP contribution in [0.3, 0.4) is 0 Å². The maximum atomic E-state index is 13.2. The number of hydrogen-bond acceptors (Lipinski definition) is 6. The first kappa shape index (κ1) is 17.7. The Bertz CT molecular complexity index is 1000. The molecule has 3 aliphatic heterocycles. The van der Waals surface area contributed by atoms with Crippen molar-refractivity contribution >= 4 is 15.9 Å². The average molecular weight is 400 g/mol. The largest absolute Gasteiger partial charge is 0.365 e. The summed E-state index contributed by atoms with van der Waals surface area (Å²) in [6, 6.07) is 9.52. The van der Waals surface area contributed by atoms with Gasteiger partial charge in [-0.3, -0.25) is 9.78 Å². The topological polar surface area (TPSA) is 92.7 Å².